The maximum absolute atomic E-state index is 12.4. The van der Waals surface area contributed by atoms with Gasteiger partial charge in [0.15, 0.2) is 0 Å². The molecular formula is C15H19NO3. The third-order valence-corrected chi connectivity index (χ3v) is 2.97. The quantitative estimate of drug-likeness (QED) is 0.838. The molecule has 0 atom stereocenters. The van der Waals surface area contributed by atoms with Crippen LogP contribution < -0.4 is 4.74 Å². The van der Waals surface area contributed by atoms with Gasteiger partial charge in [0.25, 0.3) is 0 Å². The van der Waals surface area contributed by atoms with Crippen LogP contribution in [0.1, 0.15) is 36.7 Å². The van der Waals surface area contributed by atoms with Gasteiger partial charge in [0.2, 0.25) is 11.8 Å². The van der Waals surface area contributed by atoms with Crippen molar-refractivity contribution in [2.75, 3.05) is 13.7 Å². The molecule has 0 saturated carbocycles. The third kappa shape index (κ3) is 3.56. The summed E-state index contributed by atoms with van der Waals surface area (Å²) >= 11 is 0. The standard InChI is InChI=1S/C15H19NO3/c1-19-13-8-5-12(6-9-13)7-10-15(18)16-11-3-2-4-14(16)17/h5-6,8-9H,2-4,7,10-11H2,1H3/i7D2,10D2. The summed E-state index contributed by atoms with van der Waals surface area (Å²) < 4.78 is 37.2. The summed E-state index contributed by atoms with van der Waals surface area (Å²) in [4.78, 5) is 25.1. The topological polar surface area (TPSA) is 46.6 Å². The molecule has 0 aliphatic carbocycles. The number of rotatable bonds is 4. The third-order valence-electron chi connectivity index (χ3n) is 2.97. The molecule has 102 valence electrons. The van der Waals surface area contributed by atoms with Gasteiger partial charge in [-0.2, -0.15) is 0 Å². The van der Waals surface area contributed by atoms with Crippen molar-refractivity contribution in [2.24, 2.45) is 0 Å². The molecule has 4 heteroatoms. The summed E-state index contributed by atoms with van der Waals surface area (Å²) in [5, 5.41) is 0. The summed E-state index contributed by atoms with van der Waals surface area (Å²) in [6, 6.07) is 5.75. The summed E-state index contributed by atoms with van der Waals surface area (Å²) in [6.45, 7) is 0.135. The minimum absolute atomic E-state index is 0.0149. The van der Waals surface area contributed by atoms with Crippen molar-refractivity contribution in [1.82, 2.24) is 4.90 Å². The van der Waals surface area contributed by atoms with Crippen LogP contribution in [0.4, 0.5) is 0 Å². The van der Waals surface area contributed by atoms with Crippen LogP contribution in [0.3, 0.4) is 0 Å². The average molecular weight is 265 g/mol. The van der Waals surface area contributed by atoms with Gasteiger partial charge < -0.3 is 4.74 Å². The molecule has 4 nitrogen and oxygen atoms in total. The van der Waals surface area contributed by atoms with E-state index in [1.807, 2.05) is 0 Å². The second-order valence-electron chi connectivity index (χ2n) is 4.29. The van der Waals surface area contributed by atoms with E-state index in [0.717, 1.165) is 4.90 Å². The Morgan fingerprint density at radius 3 is 2.74 bits per heavy atom. The van der Waals surface area contributed by atoms with Crippen molar-refractivity contribution in [3.63, 3.8) is 0 Å². The monoisotopic (exact) mass is 265 g/mol. The summed E-state index contributed by atoms with van der Waals surface area (Å²) in [6.07, 6.45) is -3.97. The minimum atomic E-state index is -2.85. The van der Waals surface area contributed by atoms with E-state index in [9.17, 15) is 9.59 Å². The van der Waals surface area contributed by atoms with Crippen LogP contribution in [0.5, 0.6) is 5.75 Å². The van der Waals surface area contributed by atoms with Gasteiger partial charge in [-0.25, -0.2) is 0 Å². The molecule has 1 aliphatic rings. The summed E-state index contributed by atoms with van der Waals surface area (Å²) in [5.41, 5.74) is 0.0149. The van der Waals surface area contributed by atoms with Gasteiger partial charge in [0.05, 0.1) is 7.11 Å². The maximum atomic E-state index is 12.4. The first kappa shape index (κ1) is 9.13. The zero-order valence-corrected chi connectivity index (χ0v) is 10.8. The number of nitrogens with zero attached hydrogens (tertiary/aromatic N) is 1. The van der Waals surface area contributed by atoms with Gasteiger partial charge in [0, 0.05) is 24.8 Å². The van der Waals surface area contributed by atoms with Crippen molar-refractivity contribution in [3.8, 4) is 5.75 Å². The van der Waals surface area contributed by atoms with E-state index in [2.05, 4.69) is 0 Å². The Bertz CT molecular complexity index is 601. The molecule has 0 bridgehead atoms. The highest BCUT2D eigenvalue weighted by Gasteiger charge is 2.23. The molecule has 1 aliphatic heterocycles. The first-order chi connectivity index (χ1) is 10.7. The van der Waals surface area contributed by atoms with E-state index in [-0.39, 0.29) is 18.5 Å². The number of hydrogen-bond donors (Lipinski definition) is 0. The zero-order chi connectivity index (χ0) is 17.3. The summed E-state index contributed by atoms with van der Waals surface area (Å²) in [7, 11) is 1.47. The molecule has 1 aromatic carbocycles. The number of ether oxygens (including phenoxy) is 1. The molecule has 1 heterocycles. The number of piperidine rings is 1. The molecule has 19 heavy (non-hydrogen) atoms. The van der Waals surface area contributed by atoms with Gasteiger partial charge in [-0.1, -0.05) is 12.1 Å². The SMILES string of the molecule is [2H]C([2H])(C(=O)N1CCCCC1=O)C([2H])([2H])c1ccc(OC)cc1. The Kier molecular flexibility index (Phi) is 3.06. The fraction of sp³-hybridized carbons (Fsp3) is 0.467. The number of carbonyl (C=O) groups is 2. The van der Waals surface area contributed by atoms with E-state index in [1.165, 1.54) is 31.4 Å². The van der Waals surface area contributed by atoms with Crippen LogP contribution in [-0.4, -0.2) is 30.4 Å². The Morgan fingerprint density at radius 2 is 2.11 bits per heavy atom. The smallest absolute Gasteiger partial charge is 0.229 e. The van der Waals surface area contributed by atoms with E-state index in [4.69, 9.17) is 10.2 Å². The van der Waals surface area contributed by atoms with Crippen LogP contribution in [0.2, 0.25) is 0 Å². The molecule has 2 rings (SSSR count). The molecule has 1 saturated heterocycles. The molecule has 1 fully saturated rings. The lowest BCUT2D eigenvalue weighted by molar-refractivity contribution is -0.146. The second-order valence-corrected chi connectivity index (χ2v) is 4.29. The van der Waals surface area contributed by atoms with Gasteiger partial charge in [-0.15, -0.1) is 0 Å². The fourth-order valence-corrected chi connectivity index (χ4v) is 1.89. The number of aryl methyl sites for hydroxylation is 1. The lowest BCUT2D eigenvalue weighted by Crippen LogP contribution is -2.40. The molecule has 0 unspecified atom stereocenters. The Hall–Kier alpha value is -1.84. The molecule has 2 amide bonds. The van der Waals surface area contributed by atoms with Crippen LogP contribution in [-0.2, 0) is 16.0 Å². The number of likely N-dealkylation sites (tertiary alicyclic amines) is 1. The Morgan fingerprint density at radius 1 is 1.37 bits per heavy atom. The zero-order valence-electron chi connectivity index (χ0n) is 14.8. The average Bonchev–Trinajstić information content (AvgIpc) is 2.54. The molecule has 0 spiro atoms. The van der Waals surface area contributed by atoms with Crippen LogP contribution in [0.15, 0.2) is 24.3 Å². The highest BCUT2D eigenvalue weighted by atomic mass is 16.5. The van der Waals surface area contributed by atoms with Crippen molar-refractivity contribution < 1.29 is 19.8 Å². The Labute approximate surface area is 119 Å². The number of methoxy groups -OCH3 is 1. The number of amides is 2. The van der Waals surface area contributed by atoms with Gasteiger partial charge >= 0.3 is 0 Å². The molecular weight excluding hydrogens is 242 g/mol. The van der Waals surface area contributed by atoms with Gasteiger partial charge in [0.1, 0.15) is 5.75 Å². The number of imide groups is 1. The lowest BCUT2D eigenvalue weighted by Gasteiger charge is -2.24. The molecule has 0 aromatic heterocycles. The normalized spacial score (nSPS) is 20.1. The highest BCUT2D eigenvalue weighted by Crippen LogP contribution is 2.15. The van der Waals surface area contributed by atoms with E-state index in [1.54, 1.807) is 0 Å². The van der Waals surface area contributed by atoms with Crippen LogP contribution in [0, 0.1) is 0 Å². The van der Waals surface area contributed by atoms with Crippen molar-refractivity contribution in [2.45, 2.75) is 32.0 Å². The number of carbonyl (C=O) groups excluding carboxylic acids is 2. The minimum Gasteiger partial charge on any atom is -0.497 e. The van der Waals surface area contributed by atoms with Crippen LogP contribution >= 0.6 is 0 Å². The van der Waals surface area contributed by atoms with Gasteiger partial charge in [-0.05, 0) is 36.9 Å². The van der Waals surface area contributed by atoms with Crippen molar-refractivity contribution in [1.29, 1.82) is 0 Å². The predicted molar refractivity (Wildman–Crippen MR) is 71.9 cm³/mol. The fourth-order valence-electron chi connectivity index (χ4n) is 1.89. The molecule has 1 aromatic rings. The van der Waals surface area contributed by atoms with Crippen molar-refractivity contribution in [3.05, 3.63) is 29.8 Å². The maximum Gasteiger partial charge on any atom is 0.229 e. The van der Waals surface area contributed by atoms with E-state index in [0.29, 0.717) is 18.6 Å². The van der Waals surface area contributed by atoms with Crippen molar-refractivity contribution >= 4 is 11.8 Å². The molecule has 0 radical (unpaired) electrons. The van der Waals surface area contributed by atoms with Gasteiger partial charge in [-0.3, -0.25) is 14.5 Å². The first-order valence-electron chi connectivity index (χ1n) is 8.21. The van der Waals surface area contributed by atoms with E-state index >= 15 is 0 Å². The predicted octanol–water partition coefficient (Wildman–Crippen LogP) is 2.17. The lowest BCUT2D eigenvalue weighted by atomic mass is 10.1. The largest absolute Gasteiger partial charge is 0.497 e. The molecule has 0 N–H and O–H groups in total. The van der Waals surface area contributed by atoms with E-state index < -0.39 is 24.6 Å². The highest BCUT2D eigenvalue weighted by molar-refractivity contribution is 5.95. The second kappa shape index (κ2) is 6.36. The Balaban J connectivity index is 2.30. The summed E-state index contributed by atoms with van der Waals surface area (Å²) in [5.74, 6) is -1.07. The number of hydrogen-bond acceptors (Lipinski definition) is 3. The number of benzene rings is 1. The van der Waals surface area contributed by atoms with Crippen LogP contribution in [0.25, 0.3) is 0 Å². The first-order valence-corrected chi connectivity index (χ1v) is 6.21.